The number of aliphatic hydroxyl groups excluding tert-OH is 2. The predicted octanol–water partition coefficient (Wildman–Crippen LogP) is 21.4. The molecule has 0 fully saturated rings. The summed E-state index contributed by atoms with van der Waals surface area (Å²) < 4.78 is 61.1. The molecule has 0 saturated heterocycles. The van der Waals surface area contributed by atoms with Crippen molar-refractivity contribution in [2.24, 2.45) is 0 Å². The van der Waals surface area contributed by atoms with Crippen molar-refractivity contribution in [3.63, 3.8) is 0 Å². The summed E-state index contributed by atoms with van der Waals surface area (Å²) in [6, 6.07) is 0. The quantitative estimate of drug-likeness (QED) is 0.0146. The highest BCUT2D eigenvalue weighted by molar-refractivity contribution is 7.47. The molecule has 0 heterocycles. The van der Waals surface area contributed by atoms with Crippen molar-refractivity contribution in [1.29, 1.82) is 0 Å². The van der Waals surface area contributed by atoms with E-state index in [-0.39, 0.29) is 19.3 Å². The van der Waals surface area contributed by atoms with Crippen molar-refractivity contribution < 1.29 is 75.8 Å². The molecule has 550 valence electrons. The summed E-state index contributed by atoms with van der Waals surface area (Å²) in [6.45, 7) is 2.48. The molecule has 5 atom stereocenters. The van der Waals surface area contributed by atoms with E-state index in [0.717, 1.165) is 148 Å². The summed E-state index contributed by atoms with van der Waals surface area (Å²) in [4.78, 5) is 58.5. The van der Waals surface area contributed by atoms with Gasteiger partial charge in [0, 0.05) is 19.3 Å². The van der Waals surface area contributed by atoms with Gasteiger partial charge in [0.1, 0.15) is 25.4 Å². The van der Waals surface area contributed by atoms with Crippen molar-refractivity contribution in [3.05, 3.63) is 97.2 Å². The summed E-state index contributed by atoms with van der Waals surface area (Å²) in [5.41, 5.74) is 0. The van der Waals surface area contributed by atoms with Gasteiger partial charge in [0.25, 0.3) is 0 Å². The molecular formula is C77H136O16P2. The van der Waals surface area contributed by atoms with Gasteiger partial charge in [-0.15, -0.1) is 0 Å². The second kappa shape index (κ2) is 70.3. The topological polar surface area (TPSA) is 231 Å². The molecule has 0 bridgehead atoms. The molecule has 0 saturated carbocycles. The number of phosphoric acid groups is 2. The van der Waals surface area contributed by atoms with Crippen molar-refractivity contribution in [1.82, 2.24) is 0 Å². The van der Waals surface area contributed by atoms with E-state index in [2.05, 4.69) is 118 Å². The van der Waals surface area contributed by atoms with Gasteiger partial charge < -0.3 is 34.2 Å². The van der Waals surface area contributed by atoms with E-state index >= 15 is 0 Å². The average Bonchev–Trinajstić information content (AvgIpc) is 2.05. The van der Waals surface area contributed by atoms with E-state index in [1.54, 1.807) is 0 Å². The Hall–Kier alpha value is -3.53. The molecule has 0 radical (unpaired) electrons. The minimum absolute atomic E-state index is 0.106. The van der Waals surface area contributed by atoms with Crippen LogP contribution in [-0.2, 0) is 55.8 Å². The second-order valence-corrected chi connectivity index (χ2v) is 28.0. The molecule has 0 aliphatic carbocycles. The van der Waals surface area contributed by atoms with Crippen LogP contribution < -0.4 is 0 Å². The summed E-state index contributed by atoms with van der Waals surface area (Å²) in [5.74, 6) is -1.58. The van der Waals surface area contributed by atoms with Gasteiger partial charge in [0.15, 0.2) is 6.10 Å². The van der Waals surface area contributed by atoms with Crippen LogP contribution in [-0.4, -0.2) is 95.9 Å². The van der Waals surface area contributed by atoms with Gasteiger partial charge >= 0.3 is 33.6 Å². The number of aliphatic hydroxyl groups is 2. The van der Waals surface area contributed by atoms with Crippen molar-refractivity contribution in [2.75, 3.05) is 39.6 Å². The highest BCUT2D eigenvalue weighted by Gasteiger charge is 2.29. The van der Waals surface area contributed by atoms with Gasteiger partial charge in [0.05, 0.1) is 26.4 Å². The number of phosphoric ester groups is 2. The SMILES string of the molecule is CC/C=C\C/C=C\C/C=C\C/C=C\C/C=C\CCCCCCCCCCCCCC(=O)OCC(O)COP(=O)(O)OCC(O)COP(=O)(O)OCC(COC(=O)CCCCCCCCC/C=C\C/C=C\C/C=C\CC)OC(=O)CCCCCCCCCCCCCCCCC. The fraction of sp³-hybridized carbons (Fsp3) is 0.753. The molecule has 16 nitrogen and oxygen atoms in total. The van der Waals surface area contributed by atoms with Crippen LogP contribution in [0.2, 0.25) is 0 Å². The zero-order chi connectivity index (χ0) is 69.5. The zero-order valence-corrected chi connectivity index (χ0v) is 61.6. The Labute approximate surface area is 578 Å². The van der Waals surface area contributed by atoms with E-state index in [9.17, 15) is 43.5 Å². The third-order valence-corrected chi connectivity index (χ3v) is 17.7. The lowest BCUT2D eigenvalue weighted by molar-refractivity contribution is -0.161. The number of unbranched alkanes of at least 4 members (excludes halogenated alkanes) is 32. The Bertz CT molecular complexity index is 2120. The molecule has 0 aliphatic rings. The zero-order valence-electron chi connectivity index (χ0n) is 59.8. The largest absolute Gasteiger partial charge is 0.472 e. The van der Waals surface area contributed by atoms with Gasteiger partial charge in [-0.25, -0.2) is 9.13 Å². The lowest BCUT2D eigenvalue weighted by Crippen LogP contribution is -2.30. The standard InChI is InChI=1S/C77H136O16P2/c1-4-7-10-13-16-19-22-25-28-30-31-32-33-34-35-36-37-38-39-41-44-45-48-51-54-57-60-63-75(80)87-66-72(78)67-89-94(83,84)90-68-73(79)69-91-95(85,86)92-71-74(93-77(82)65-62-59-56-53-50-47-42-27-24-21-18-15-12-9-6-3)70-88-76(81)64-61-58-55-52-49-46-43-40-29-26-23-20-17-14-11-8-5-2/h7-8,10-11,16-17,19-20,25-26,28-29,31-32,34-35,72-74,78-79H,4-6,9,12-15,18,21-24,27,30,33,36-71H2,1-3H3,(H,83,84)(H,85,86)/b10-7-,11-8-,19-16-,20-17-,28-25-,29-26-,32-31-,35-34-. The third-order valence-electron chi connectivity index (χ3n) is 15.8. The Morgan fingerprint density at radius 1 is 0.305 bits per heavy atom. The predicted molar refractivity (Wildman–Crippen MR) is 390 cm³/mol. The highest BCUT2D eigenvalue weighted by Crippen LogP contribution is 2.45. The first-order valence-corrected chi connectivity index (χ1v) is 40.5. The number of esters is 3. The smallest absolute Gasteiger partial charge is 0.463 e. The maximum Gasteiger partial charge on any atom is 0.472 e. The van der Waals surface area contributed by atoms with E-state index in [4.69, 9.17) is 32.3 Å². The van der Waals surface area contributed by atoms with Gasteiger partial charge in [-0.1, -0.05) is 298 Å². The van der Waals surface area contributed by atoms with Crippen LogP contribution in [0.4, 0.5) is 0 Å². The molecule has 0 spiro atoms. The van der Waals surface area contributed by atoms with E-state index in [1.807, 2.05) is 0 Å². The van der Waals surface area contributed by atoms with Crippen LogP contribution >= 0.6 is 15.6 Å². The number of ether oxygens (including phenoxy) is 3. The maximum absolute atomic E-state index is 12.9. The van der Waals surface area contributed by atoms with E-state index in [0.29, 0.717) is 19.3 Å². The molecule has 0 aromatic carbocycles. The van der Waals surface area contributed by atoms with Crippen molar-refractivity contribution in [3.8, 4) is 0 Å². The van der Waals surface area contributed by atoms with Crippen LogP contribution in [0.3, 0.4) is 0 Å². The van der Waals surface area contributed by atoms with E-state index < -0.39 is 91.5 Å². The maximum atomic E-state index is 12.9. The first-order chi connectivity index (χ1) is 46.2. The van der Waals surface area contributed by atoms with E-state index in [1.165, 1.54) is 109 Å². The second-order valence-electron chi connectivity index (χ2n) is 25.0. The molecule has 0 aliphatic heterocycles. The molecule has 5 unspecified atom stereocenters. The Morgan fingerprint density at radius 3 is 0.884 bits per heavy atom. The van der Waals surface area contributed by atoms with Gasteiger partial charge in [0.2, 0.25) is 0 Å². The van der Waals surface area contributed by atoms with Gasteiger partial charge in [-0.3, -0.25) is 32.5 Å². The Balaban J connectivity index is 4.52. The fourth-order valence-electron chi connectivity index (χ4n) is 10.1. The third kappa shape index (κ3) is 71.6. The Morgan fingerprint density at radius 2 is 0.558 bits per heavy atom. The molecule has 4 N–H and O–H groups in total. The number of carbonyl (C=O) groups is 3. The van der Waals surface area contributed by atoms with Crippen LogP contribution in [0.15, 0.2) is 97.2 Å². The molecule has 0 aromatic rings. The van der Waals surface area contributed by atoms with Crippen LogP contribution in [0.25, 0.3) is 0 Å². The number of rotatable bonds is 71. The number of hydrogen-bond acceptors (Lipinski definition) is 14. The lowest BCUT2D eigenvalue weighted by atomic mass is 10.0. The average molecular weight is 1380 g/mol. The van der Waals surface area contributed by atoms with Crippen LogP contribution in [0, 0.1) is 0 Å². The first kappa shape index (κ1) is 91.5. The molecule has 0 aromatic heterocycles. The van der Waals surface area contributed by atoms with Crippen molar-refractivity contribution in [2.45, 2.75) is 334 Å². The van der Waals surface area contributed by atoms with Crippen molar-refractivity contribution >= 4 is 33.6 Å². The lowest BCUT2D eigenvalue weighted by Gasteiger charge is -2.21. The summed E-state index contributed by atoms with van der Waals surface area (Å²) >= 11 is 0. The number of carbonyl (C=O) groups excluding carboxylic acids is 3. The minimum Gasteiger partial charge on any atom is -0.463 e. The molecule has 0 rings (SSSR count). The summed E-state index contributed by atoms with van der Waals surface area (Å²) in [7, 11) is -9.78. The first-order valence-electron chi connectivity index (χ1n) is 37.5. The normalized spacial score (nSPS) is 14.6. The number of allylic oxidation sites excluding steroid dienone is 16. The van der Waals surface area contributed by atoms with Gasteiger partial charge in [-0.05, 0) is 96.3 Å². The number of hydrogen-bond donors (Lipinski definition) is 4. The highest BCUT2D eigenvalue weighted by atomic mass is 31.2. The molecule has 95 heavy (non-hydrogen) atoms. The van der Waals surface area contributed by atoms with Gasteiger partial charge in [-0.2, -0.15) is 0 Å². The van der Waals surface area contributed by atoms with Crippen LogP contribution in [0.5, 0.6) is 0 Å². The monoisotopic (exact) mass is 1380 g/mol. The fourth-order valence-corrected chi connectivity index (χ4v) is 11.7. The summed E-state index contributed by atoms with van der Waals surface area (Å²) in [5, 5.41) is 20.6. The molecular weight excluding hydrogens is 1240 g/mol. The molecule has 0 amide bonds. The summed E-state index contributed by atoms with van der Waals surface area (Å²) in [6.07, 6.45) is 78.8. The Kier molecular flexibility index (Phi) is 67.7. The molecule has 18 heteroatoms. The minimum atomic E-state index is -4.93. The van der Waals surface area contributed by atoms with Crippen LogP contribution in [0.1, 0.15) is 316 Å².